The number of piperazine rings is 1. The number of imide groups is 1. The number of halogens is 2. The molecule has 2 aliphatic rings. The van der Waals surface area contributed by atoms with E-state index >= 15 is 0 Å². The average molecular weight is 419 g/mol. The van der Waals surface area contributed by atoms with E-state index < -0.39 is 5.92 Å². The van der Waals surface area contributed by atoms with Gasteiger partial charge >= 0.3 is 0 Å². The summed E-state index contributed by atoms with van der Waals surface area (Å²) >= 11 is 0. The lowest BCUT2D eigenvalue weighted by molar-refractivity contribution is -0.143. The topological polar surface area (TPSA) is 96.2 Å². The molecule has 1 aliphatic heterocycles. The lowest BCUT2D eigenvalue weighted by Gasteiger charge is -2.32. The zero-order chi connectivity index (χ0) is 21.5. The van der Waals surface area contributed by atoms with Gasteiger partial charge in [0.15, 0.2) is 0 Å². The molecule has 0 atom stereocenters. The zero-order valence-electron chi connectivity index (χ0n) is 16.8. The molecule has 0 radical (unpaired) electrons. The van der Waals surface area contributed by atoms with E-state index in [-0.39, 0.29) is 49.7 Å². The lowest BCUT2D eigenvalue weighted by atomic mass is 9.92. The number of anilines is 2. The van der Waals surface area contributed by atoms with Crippen LogP contribution in [0, 0.1) is 6.92 Å². The van der Waals surface area contributed by atoms with Gasteiger partial charge in [-0.05, 0) is 25.8 Å². The molecular weight excluding hydrogens is 396 g/mol. The molecule has 2 aromatic rings. The molecule has 160 valence electrons. The number of carbonyl (C=O) groups excluding carboxylic acids is 2. The first-order valence-corrected chi connectivity index (χ1v) is 9.81. The van der Waals surface area contributed by atoms with Crippen LogP contribution < -0.4 is 10.2 Å². The quantitative estimate of drug-likeness (QED) is 0.755. The number of hydrogen-bond acceptors (Lipinski definition) is 7. The number of carbonyl (C=O) groups is 2. The van der Waals surface area contributed by atoms with Crippen molar-refractivity contribution >= 4 is 23.5 Å². The predicted octanol–water partition coefficient (Wildman–Crippen LogP) is 1.77. The van der Waals surface area contributed by atoms with Gasteiger partial charge in [0.2, 0.25) is 17.7 Å². The molecule has 3 heterocycles. The highest BCUT2D eigenvalue weighted by atomic mass is 19.3. The Morgan fingerprint density at radius 3 is 2.40 bits per heavy atom. The molecule has 1 saturated heterocycles. The minimum absolute atomic E-state index is 0.00587. The van der Waals surface area contributed by atoms with Gasteiger partial charge in [0.1, 0.15) is 11.6 Å². The number of aryl methyl sites for hydroxylation is 1. The molecule has 1 saturated carbocycles. The maximum atomic E-state index is 13.5. The molecule has 2 aromatic heterocycles. The van der Waals surface area contributed by atoms with Crippen LogP contribution in [0.4, 0.5) is 20.4 Å². The van der Waals surface area contributed by atoms with E-state index in [0.29, 0.717) is 24.5 Å². The minimum atomic E-state index is -2.62. The number of alkyl halides is 2. The molecule has 1 N–H and O–H groups in total. The number of amides is 2. The first kappa shape index (κ1) is 20.2. The van der Waals surface area contributed by atoms with Gasteiger partial charge in [-0.2, -0.15) is 15.1 Å². The summed E-state index contributed by atoms with van der Waals surface area (Å²) in [5.41, 5.74) is 0.776. The molecular formula is C19H23F2N7O2. The molecule has 30 heavy (non-hydrogen) atoms. The van der Waals surface area contributed by atoms with Crippen molar-refractivity contribution in [3.05, 3.63) is 24.0 Å². The van der Waals surface area contributed by atoms with E-state index in [1.807, 2.05) is 6.92 Å². The molecule has 2 amide bonds. The second-order valence-corrected chi connectivity index (χ2v) is 7.79. The van der Waals surface area contributed by atoms with Gasteiger partial charge in [-0.1, -0.05) is 0 Å². The largest absolute Gasteiger partial charge is 0.367 e. The van der Waals surface area contributed by atoms with Gasteiger partial charge in [0, 0.05) is 38.2 Å². The van der Waals surface area contributed by atoms with Crippen molar-refractivity contribution < 1.29 is 18.4 Å². The number of aromatic nitrogens is 4. The maximum absolute atomic E-state index is 13.5. The van der Waals surface area contributed by atoms with Crippen LogP contribution in [0.3, 0.4) is 0 Å². The summed E-state index contributed by atoms with van der Waals surface area (Å²) < 4.78 is 28.5. The molecule has 1 aliphatic carbocycles. The van der Waals surface area contributed by atoms with E-state index in [1.54, 1.807) is 23.2 Å². The van der Waals surface area contributed by atoms with Crippen LogP contribution in [0.1, 0.15) is 31.4 Å². The van der Waals surface area contributed by atoms with Crippen LogP contribution in [0.5, 0.6) is 0 Å². The van der Waals surface area contributed by atoms with Crippen molar-refractivity contribution in [1.82, 2.24) is 24.6 Å². The Hall–Kier alpha value is -3.11. The molecule has 0 spiro atoms. The molecule has 11 heteroatoms. The van der Waals surface area contributed by atoms with Crippen molar-refractivity contribution in [3.63, 3.8) is 0 Å². The SMILES string of the molecule is Cc1ccn(-c2nc(NC3CCC(F)(F)CC3)cc(N3CC(=O)N(C)C(=O)C3)n2)n1. The number of likely N-dealkylation sites (N-methyl/N-ethyl adjacent to an activating group) is 1. The molecule has 0 unspecified atom stereocenters. The Labute approximate surface area is 172 Å². The lowest BCUT2D eigenvalue weighted by Crippen LogP contribution is -2.52. The average Bonchev–Trinajstić information content (AvgIpc) is 3.13. The van der Waals surface area contributed by atoms with Crippen molar-refractivity contribution in [3.8, 4) is 5.95 Å². The Balaban J connectivity index is 1.63. The van der Waals surface area contributed by atoms with E-state index in [1.165, 1.54) is 11.7 Å². The zero-order valence-corrected chi connectivity index (χ0v) is 16.8. The smallest absolute Gasteiger partial charge is 0.254 e. The number of hydrogen-bond donors (Lipinski definition) is 1. The summed E-state index contributed by atoms with van der Waals surface area (Å²) in [5.74, 6) is -2.17. The highest BCUT2D eigenvalue weighted by molar-refractivity contribution is 6.02. The maximum Gasteiger partial charge on any atom is 0.254 e. The standard InChI is InChI=1S/C19H23F2N7O2/c1-12-5-8-28(25-12)18-23-14(22-13-3-6-19(20,21)7-4-13)9-15(24-18)27-10-16(29)26(2)17(30)11-27/h5,8-9,13H,3-4,6-7,10-11H2,1-2H3,(H,22,23,24). The molecule has 2 fully saturated rings. The van der Waals surface area contributed by atoms with Crippen LogP contribution >= 0.6 is 0 Å². The highest BCUT2D eigenvalue weighted by Gasteiger charge is 2.35. The van der Waals surface area contributed by atoms with Gasteiger partial charge in [-0.3, -0.25) is 14.5 Å². The van der Waals surface area contributed by atoms with Crippen LogP contribution in [-0.4, -0.2) is 68.6 Å². The normalized spacial score (nSPS) is 20.0. The van der Waals surface area contributed by atoms with Gasteiger partial charge in [-0.25, -0.2) is 13.5 Å². The van der Waals surface area contributed by atoms with Crippen LogP contribution in [0.2, 0.25) is 0 Å². The van der Waals surface area contributed by atoms with Crippen LogP contribution in [-0.2, 0) is 9.59 Å². The summed E-state index contributed by atoms with van der Waals surface area (Å²) in [6.07, 6.45) is 2.02. The molecule has 0 bridgehead atoms. The second-order valence-electron chi connectivity index (χ2n) is 7.79. The van der Waals surface area contributed by atoms with Crippen molar-refractivity contribution in [1.29, 1.82) is 0 Å². The molecule has 0 aromatic carbocycles. The number of rotatable bonds is 4. The fourth-order valence-electron chi connectivity index (χ4n) is 3.58. The van der Waals surface area contributed by atoms with Crippen molar-refractivity contribution in [2.45, 2.75) is 44.6 Å². The Morgan fingerprint density at radius 1 is 1.13 bits per heavy atom. The predicted molar refractivity (Wildman–Crippen MR) is 105 cm³/mol. The minimum Gasteiger partial charge on any atom is -0.367 e. The monoisotopic (exact) mass is 419 g/mol. The highest BCUT2D eigenvalue weighted by Crippen LogP contribution is 2.34. The summed E-state index contributed by atoms with van der Waals surface area (Å²) in [6, 6.07) is 3.30. The summed E-state index contributed by atoms with van der Waals surface area (Å²) in [5, 5.41) is 7.53. The van der Waals surface area contributed by atoms with Gasteiger partial charge in [-0.15, -0.1) is 0 Å². The Bertz CT molecular complexity index is 950. The first-order valence-electron chi connectivity index (χ1n) is 9.81. The van der Waals surface area contributed by atoms with E-state index in [0.717, 1.165) is 10.6 Å². The fraction of sp³-hybridized carbons (Fsp3) is 0.526. The summed E-state index contributed by atoms with van der Waals surface area (Å²) in [6.45, 7) is 1.84. The Morgan fingerprint density at radius 2 is 1.80 bits per heavy atom. The third-order valence-electron chi connectivity index (χ3n) is 5.42. The van der Waals surface area contributed by atoms with Gasteiger partial charge < -0.3 is 10.2 Å². The number of nitrogens with one attached hydrogen (secondary N) is 1. The van der Waals surface area contributed by atoms with Crippen molar-refractivity contribution in [2.75, 3.05) is 30.4 Å². The van der Waals surface area contributed by atoms with E-state index in [2.05, 4.69) is 20.4 Å². The van der Waals surface area contributed by atoms with E-state index in [9.17, 15) is 18.4 Å². The summed E-state index contributed by atoms with van der Waals surface area (Å²) in [4.78, 5) is 35.9. The third kappa shape index (κ3) is 4.24. The third-order valence-corrected chi connectivity index (χ3v) is 5.42. The first-order chi connectivity index (χ1) is 14.2. The van der Waals surface area contributed by atoms with Crippen LogP contribution in [0.15, 0.2) is 18.3 Å². The molecule has 9 nitrogen and oxygen atoms in total. The Kier molecular flexibility index (Phi) is 5.12. The van der Waals surface area contributed by atoms with Gasteiger partial charge in [0.25, 0.3) is 5.95 Å². The second kappa shape index (κ2) is 7.62. The number of nitrogens with zero attached hydrogens (tertiary/aromatic N) is 6. The molecule has 4 rings (SSSR count). The fourth-order valence-corrected chi connectivity index (χ4v) is 3.58. The van der Waals surface area contributed by atoms with Gasteiger partial charge in [0.05, 0.1) is 18.8 Å². The summed E-state index contributed by atoms with van der Waals surface area (Å²) in [7, 11) is 1.45. The van der Waals surface area contributed by atoms with Crippen molar-refractivity contribution in [2.24, 2.45) is 0 Å². The van der Waals surface area contributed by atoms with E-state index in [4.69, 9.17) is 0 Å². The van der Waals surface area contributed by atoms with Crippen LogP contribution in [0.25, 0.3) is 5.95 Å².